The first-order valence-corrected chi connectivity index (χ1v) is 7.54. The Kier molecular flexibility index (Phi) is 5.89. The van der Waals surface area contributed by atoms with Crippen LogP contribution in [-0.2, 0) is 4.79 Å². The van der Waals surface area contributed by atoms with E-state index in [1.54, 1.807) is 14.1 Å². The normalized spacial score (nSPS) is 11.5. The van der Waals surface area contributed by atoms with Crippen LogP contribution in [0.3, 0.4) is 0 Å². The van der Waals surface area contributed by atoms with Gasteiger partial charge in [-0.15, -0.1) is 0 Å². The highest BCUT2D eigenvalue weighted by atomic mass is 19.1. The minimum atomic E-state index is -0.457. The van der Waals surface area contributed by atoms with Gasteiger partial charge in [0.2, 0.25) is 5.91 Å². The van der Waals surface area contributed by atoms with Crippen molar-refractivity contribution in [2.75, 3.05) is 19.4 Å². The molecule has 0 aromatic heterocycles. The standard InChI is InChI=1S/C18H20FN3O2/c1-22(2)17(23)12-16(13-6-4-3-5-7-13)21-18(24)20-15-10-8-14(19)9-11-15/h3-11,16H,12H2,1-2H3,(H2,20,21,24)/t16-/m1/s1. The molecule has 0 saturated heterocycles. The van der Waals surface area contributed by atoms with Gasteiger partial charge in [-0.25, -0.2) is 9.18 Å². The van der Waals surface area contributed by atoms with E-state index in [1.807, 2.05) is 30.3 Å². The van der Waals surface area contributed by atoms with E-state index in [2.05, 4.69) is 10.6 Å². The quantitative estimate of drug-likeness (QED) is 0.885. The number of rotatable bonds is 5. The molecule has 3 amide bonds. The molecule has 126 valence electrons. The maximum Gasteiger partial charge on any atom is 0.319 e. The van der Waals surface area contributed by atoms with Gasteiger partial charge in [0, 0.05) is 19.8 Å². The largest absolute Gasteiger partial charge is 0.349 e. The molecule has 2 aromatic rings. The van der Waals surface area contributed by atoms with Gasteiger partial charge >= 0.3 is 6.03 Å². The SMILES string of the molecule is CN(C)C(=O)C[C@@H](NC(=O)Nc1ccc(F)cc1)c1ccccc1. The summed E-state index contributed by atoms with van der Waals surface area (Å²) in [4.78, 5) is 25.7. The zero-order chi connectivity index (χ0) is 17.5. The van der Waals surface area contributed by atoms with Gasteiger partial charge in [0.05, 0.1) is 12.5 Å². The Morgan fingerprint density at radius 1 is 1.04 bits per heavy atom. The number of halogens is 1. The molecule has 0 aliphatic carbocycles. The molecule has 0 heterocycles. The van der Waals surface area contributed by atoms with E-state index in [1.165, 1.54) is 29.2 Å². The lowest BCUT2D eigenvalue weighted by Crippen LogP contribution is -2.36. The van der Waals surface area contributed by atoms with Crippen molar-refractivity contribution in [1.82, 2.24) is 10.2 Å². The number of anilines is 1. The molecule has 2 aromatic carbocycles. The Labute approximate surface area is 140 Å². The molecule has 0 fully saturated rings. The number of carbonyl (C=O) groups excluding carboxylic acids is 2. The number of nitrogens with zero attached hydrogens (tertiary/aromatic N) is 1. The van der Waals surface area contributed by atoms with Crippen molar-refractivity contribution in [2.45, 2.75) is 12.5 Å². The van der Waals surface area contributed by atoms with Crippen LogP contribution in [0.1, 0.15) is 18.0 Å². The highest BCUT2D eigenvalue weighted by Crippen LogP contribution is 2.18. The van der Waals surface area contributed by atoms with E-state index in [0.29, 0.717) is 5.69 Å². The van der Waals surface area contributed by atoms with Crippen LogP contribution in [0.2, 0.25) is 0 Å². The zero-order valence-electron chi connectivity index (χ0n) is 13.6. The maximum absolute atomic E-state index is 12.9. The van der Waals surface area contributed by atoms with Crippen molar-refractivity contribution in [3.05, 3.63) is 66.0 Å². The number of amides is 3. The number of carbonyl (C=O) groups is 2. The van der Waals surface area contributed by atoms with E-state index in [9.17, 15) is 14.0 Å². The van der Waals surface area contributed by atoms with Crippen LogP contribution in [0.25, 0.3) is 0 Å². The van der Waals surface area contributed by atoms with E-state index in [0.717, 1.165) is 5.56 Å². The van der Waals surface area contributed by atoms with Crippen LogP contribution >= 0.6 is 0 Å². The highest BCUT2D eigenvalue weighted by molar-refractivity contribution is 5.90. The second-order valence-electron chi connectivity index (χ2n) is 5.56. The molecule has 0 radical (unpaired) electrons. The zero-order valence-corrected chi connectivity index (χ0v) is 13.6. The van der Waals surface area contributed by atoms with E-state index in [-0.39, 0.29) is 18.1 Å². The van der Waals surface area contributed by atoms with Gasteiger partial charge in [0.15, 0.2) is 0 Å². The van der Waals surface area contributed by atoms with Gasteiger partial charge < -0.3 is 15.5 Å². The van der Waals surface area contributed by atoms with E-state index >= 15 is 0 Å². The van der Waals surface area contributed by atoms with Crippen molar-refractivity contribution in [2.24, 2.45) is 0 Å². The van der Waals surface area contributed by atoms with Crippen molar-refractivity contribution in [1.29, 1.82) is 0 Å². The van der Waals surface area contributed by atoms with Crippen LogP contribution in [0, 0.1) is 5.82 Å². The Morgan fingerprint density at radius 2 is 1.67 bits per heavy atom. The smallest absolute Gasteiger partial charge is 0.319 e. The molecular weight excluding hydrogens is 309 g/mol. The number of nitrogens with one attached hydrogen (secondary N) is 2. The molecular formula is C18H20FN3O2. The van der Waals surface area contributed by atoms with Gasteiger partial charge in [-0.3, -0.25) is 4.79 Å². The van der Waals surface area contributed by atoms with Crippen LogP contribution in [0.4, 0.5) is 14.9 Å². The Morgan fingerprint density at radius 3 is 2.25 bits per heavy atom. The summed E-state index contributed by atoms with van der Waals surface area (Å²) in [5, 5.41) is 5.42. The van der Waals surface area contributed by atoms with Gasteiger partial charge in [0.25, 0.3) is 0 Å². The first kappa shape index (κ1) is 17.5. The third kappa shape index (κ3) is 5.08. The fourth-order valence-corrected chi connectivity index (χ4v) is 2.15. The predicted octanol–water partition coefficient (Wildman–Crippen LogP) is 3.17. The van der Waals surface area contributed by atoms with Gasteiger partial charge in [-0.1, -0.05) is 30.3 Å². The summed E-state index contributed by atoms with van der Waals surface area (Å²) in [6, 6.07) is 13.8. The molecule has 0 bridgehead atoms. The van der Waals surface area contributed by atoms with Crippen molar-refractivity contribution in [3.63, 3.8) is 0 Å². The molecule has 0 aliphatic rings. The Balaban J connectivity index is 2.08. The molecule has 1 atom stereocenters. The minimum Gasteiger partial charge on any atom is -0.349 e. The fraction of sp³-hybridized carbons (Fsp3) is 0.222. The molecule has 0 aliphatic heterocycles. The van der Waals surface area contributed by atoms with Gasteiger partial charge in [-0.2, -0.15) is 0 Å². The topological polar surface area (TPSA) is 61.4 Å². The fourth-order valence-electron chi connectivity index (χ4n) is 2.15. The molecule has 2 rings (SSSR count). The number of hydrogen-bond donors (Lipinski definition) is 2. The second-order valence-corrected chi connectivity index (χ2v) is 5.56. The van der Waals surface area contributed by atoms with Crippen LogP contribution < -0.4 is 10.6 Å². The summed E-state index contributed by atoms with van der Waals surface area (Å²) in [5.41, 5.74) is 1.31. The first-order valence-electron chi connectivity index (χ1n) is 7.54. The molecule has 24 heavy (non-hydrogen) atoms. The second kappa shape index (κ2) is 8.10. The van der Waals surface area contributed by atoms with Crippen molar-refractivity contribution >= 4 is 17.6 Å². The number of benzene rings is 2. The first-order chi connectivity index (χ1) is 11.5. The minimum absolute atomic E-state index is 0.0917. The molecule has 0 saturated carbocycles. The Bertz CT molecular complexity index is 687. The molecule has 0 spiro atoms. The number of hydrogen-bond acceptors (Lipinski definition) is 2. The van der Waals surface area contributed by atoms with E-state index in [4.69, 9.17) is 0 Å². The summed E-state index contributed by atoms with van der Waals surface area (Å²) in [5.74, 6) is -0.467. The van der Waals surface area contributed by atoms with Crippen LogP contribution in [0.5, 0.6) is 0 Å². The van der Waals surface area contributed by atoms with Gasteiger partial charge in [-0.05, 0) is 29.8 Å². The maximum atomic E-state index is 12.9. The third-order valence-corrected chi connectivity index (χ3v) is 3.49. The van der Waals surface area contributed by atoms with Crippen molar-refractivity contribution in [3.8, 4) is 0 Å². The molecule has 6 heteroatoms. The molecule has 0 unspecified atom stereocenters. The molecule has 5 nitrogen and oxygen atoms in total. The van der Waals surface area contributed by atoms with Crippen LogP contribution in [0.15, 0.2) is 54.6 Å². The highest BCUT2D eigenvalue weighted by Gasteiger charge is 2.19. The summed E-state index contributed by atoms with van der Waals surface area (Å²) >= 11 is 0. The predicted molar refractivity (Wildman–Crippen MR) is 91.0 cm³/mol. The summed E-state index contributed by atoms with van der Waals surface area (Å²) in [7, 11) is 3.34. The summed E-state index contributed by atoms with van der Waals surface area (Å²) < 4.78 is 12.9. The van der Waals surface area contributed by atoms with Crippen LogP contribution in [-0.4, -0.2) is 30.9 Å². The van der Waals surface area contributed by atoms with Gasteiger partial charge in [0.1, 0.15) is 5.82 Å². The lowest BCUT2D eigenvalue weighted by atomic mass is 10.0. The molecule has 2 N–H and O–H groups in total. The summed E-state index contributed by atoms with van der Waals surface area (Å²) in [6.07, 6.45) is 0.147. The van der Waals surface area contributed by atoms with Crippen molar-refractivity contribution < 1.29 is 14.0 Å². The Hall–Kier alpha value is -2.89. The monoisotopic (exact) mass is 329 g/mol. The third-order valence-electron chi connectivity index (χ3n) is 3.49. The lowest BCUT2D eigenvalue weighted by molar-refractivity contribution is -0.129. The average Bonchev–Trinajstić information content (AvgIpc) is 2.57. The number of urea groups is 1. The lowest BCUT2D eigenvalue weighted by Gasteiger charge is -2.21. The summed E-state index contributed by atoms with van der Waals surface area (Å²) in [6.45, 7) is 0. The average molecular weight is 329 g/mol. The van der Waals surface area contributed by atoms with E-state index < -0.39 is 12.1 Å².